The lowest BCUT2D eigenvalue weighted by molar-refractivity contribution is 0.0526. The Labute approximate surface area is 145 Å². The fourth-order valence-electron chi connectivity index (χ4n) is 2.51. The second-order valence-electron chi connectivity index (χ2n) is 5.22. The molecule has 0 unspecified atom stereocenters. The molecule has 0 N–H and O–H groups in total. The van der Waals surface area contributed by atoms with Crippen molar-refractivity contribution in [3.05, 3.63) is 43.0 Å². The van der Waals surface area contributed by atoms with Gasteiger partial charge in [0.2, 0.25) is 4.80 Å². The van der Waals surface area contributed by atoms with Gasteiger partial charge in [0.05, 0.1) is 17.2 Å². The molecule has 6 nitrogen and oxygen atoms in total. The molecule has 0 amide bonds. The van der Waals surface area contributed by atoms with Crippen molar-refractivity contribution in [2.45, 2.75) is 32.9 Å². The third kappa shape index (κ3) is 3.16. The highest BCUT2D eigenvalue weighted by Gasteiger charge is 2.17. The minimum Gasteiger partial charge on any atom is -0.462 e. The topological polar surface area (TPSA) is 65.6 Å². The molecule has 0 saturated heterocycles. The van der Waals surface area contributed by atoms with Crippen LogP contribution < -0.4 is 9.67 Å². The number of carbonyl (C=O) groups excluding carboxylic acids is 1. The van der Waals surface area contributed by atoms with Crippen molar-refractivity contribution in [3.63, 3.8) is 0 Å². The van der Waals surface area contributed by atoms with Crippen LogP contribution >= 0.6 is 22.9 Å². The number of halogens is 2. The molecule has 0 spiro atoms. The molecule has 128 valence electrons. The SMILES string of the molecule is CCOC(=O)c1cc(/N=c2/sc(=O)n3n2CCCC3)c(F)cc1Cl. The summed E-state index contributed by atoms with van der Waals surface area (Å²) in [5.41, 5.74) is -0.00531. The highest BCUT2D eigenvalue weighted by molar-refractivity contribution is 7.06. The Balaban J connectivity index is 2.12. The molecule has 0 bridgehead atoms. The Morgan fingerprint density at radius 3 is 2.79 bits per heavy atom. The van der Waals surface area contributed by atoms with Gasteiger partial charge in [0.15, 0.2) is 0 Å². The molecule has 24 heavy (non-hydrogen) atoms. The summed E-state index contributed by atoms with van der Waals surface area (Å²) >= 11 is 6.87. The van der Waals surface area contributed by atoms with E-state index in [1.54, 1.807) is 16.3 Å². The number of ether oxygens (including phenoxy) is 1. The number of rotatable bonds is 3. The van der Waals surface area contributed by atoms with E-state index in [2.05, 4.69) is 4.99 Å². The lowest BCUT2D eigenvalue weighted by Gasteiger charge is -2.15. The zero-order valence-electron chi connectivity index (χ0n) is 12.9. The van der Waals surface area contributed by atoms with Crippen LogP contribution in [0.15, 0.2) is 21.9 Å². The van der Waals surface area contributed by atoms with Gasteiger partial charge in [-0.15, -0.1) is 0 Å². The molecule has 9 heteroatoms. The van der Waals surface area contributed by atoms with Gasteiger partial charge in [-0.25, -0.2) is 18.9 Å². The van der Waals surface area contributed by atoms with E-state index in [-0.39, 0.29) is 27.8 Å². The van der Waals surface area contributed by atoms with Gasteiger partial charge < -0.3 is 4.74 Å². The van der Waals surface area contributed by atoms with Crippen molar-refractivity contribution in [2.75, 3.05) is 6.61 Å². The molecule has 1 aromatic carbocycles. The van der Waals surface area contributed by atoms with E-state index in [4.69, 9.17) is 16.3 Å². The van der Waals surface area contributed by atoms with Crippen LogP contribution in [0, 0.1) is 5.82 Å². The summed E-state index contributed by atoms with van der Waals surface area (Å²) in [7, 11) is 0. The third-order valence-corrected chi connectivity index (χ3v) is 4.82. The van der Waals surface area contributed by atoms with E-state index in [0.29, 0.717) is 17.9 Å². The molecule has 0 fully saturated rings. The second-order valence-corrected chi connectivity index (χ2v) is 6.55. The van der Waals surface area contributed by atoms with Crippen LogP contribution in [0.1, 0.15) is 30.1 Å². The van der Waals surface area contributed by atoms with Gasteiger partial charge in [-0.1, -0.05) is 11.6 Å². The summed E-state index contributed by atoms with van der Waals surface area (Å²) in [5, 5.41) is -0.0374. The summed E-state index contributed by atoms with van der Waals surface area (Å²) in [6, 6.07) is 2.28. The number of nitrogens with zero attached hydrogens (tertiary/aromatic N) is 3. The van der Waals surface area contributed by atoms with Gasteiger partial charge in [0.25, 0.3) is 0 Å². The summed E-state index contributed by atoms with van der Waals surface area (Å²) in [4.78, 5) is 28.4. The lowest BCUT2D eigenvalue weighted by Crippen LogP contribution is -2.31. The molecule has 0 radical (unpaired) electrons. The van der Waals surface area contributed by atoms with Crippen molar-refractivity contribution < 1.29 is 13.9 Å². The molecule has 0 atom stereocenters. The Kier molecular flexibility index (Phi) is 4.86. The van der Waals surface area contributed by atoms with Crippen LogP contribution in [0.3, 0.4) is 0 Å². The first kappa shape index (κ1) is 16.9. The Bertz CT molecular complexity index is 916. The fourth-order valence-corrected chi connectivity index (χ4v) is 3.63. The number of hydrogen-bond acceptors (Lipinski definition) is 5. The normalized spacial score (nSPS) is 14.5. The summed E-state index contributed by atoms with van der Waals surface area (Å²) in [6.07, 6.45) is 1.86. The monoisotopic (exact) mass is 371 g/mol. The summed E-state index contributed by atoms with van der Waals surface area (Å²) in [6.45, 7) is 3.13. The van der Waals surface area contributed by atoms with Crippen molar-refractivity contribution in [1.82, 2.24) is 9.36 Å². The van der Waals surface area contributed by atoms with Gasteiger partial charge in [0, 0.05) is 13.1 Å². The molecule has 1 aromatic heterocycles. The van der Waals surface area contributed by atoms with E-state index in [1.807, 2.05) is 0 Å². The number of carbonyl (C=O) groups is 1. The summed E-state index contributed by atoms with van der Waals surface area (Å²) in [5.74, 6) is -1.30. The summed E-state index contributed by atoms with van der Waals surface area (Å²) < 4.78 is 22.4. The number of esters is 1. The average Bonchev–Trinajstić information content (AvgIpc) is 2.87. The third-order valence-electron chi connectivity index (χ3n) is 3.64. The van der Waals surface area contributed by atoms with Crippen LogP contribution in [0.25, 0.3) is 0 Å². The maximum absolute atomic E-state index is 14.2. The predicted octanol–water partition coefficient (Wildman–Crippen LogP) is 2.71. The Hall–Kier alpha value is -1.93. The van der Waals surface area contributed by atoms with Crippen molar-refractivity contribution >= 4 is 34.6 Å². The molecule has 1 aliphatic rings. The fraction of sp³-hybridized carbons (Fsp3) is 0.400. The first-order valence-electron chi connectivity index (χ1n) is 7.53. The Morgan fingerprint density at radius 2 is 2.08 bits per heavy atom. The van der Waals surface area contributed by atoms with E-state index in [1.165, 1.54) is 6.07 Å². The van der Waals surface area contributed by atoms with Crippen molar-refractivity contribution in [3.8, 4) is 0 Å². The van der Waals surface area contributed by atoms with Crippen LogP contribution in [0.4, 0.5) is 10.1 Å². The van der Waals surface area contributed by atoms with E-state index >= 15 is 0 Å². The standard InChI is InChI=1S/C15H15ClFN3O3S/c1-2-23-13(21)9-7-12(11(17)8-10(9)16)18-14-19-5-3-4-6-20(19)15(22)24-14/h7-8H,2-6H2,1H3/b18-14+. The first-order valence-corrected chi connectivity index (χ1v) is 8.72. The number of fused-ring (bicyclic) bond motifs is 1. The van der Waals surface area contributed by atoms with Crippen molar-refractivity contribution in [2.24, 2.45) is 4.99 Å². The van der Waals surface area contributed by atoms with Crippen LogP contribution in [-0.2, 0) is 17.8 Å². The van der Waals surface area contributed by atoms with Crippen molar-refractivity contribution in [1.29, 1.82) is 0 Å². The molecule has 0 aliphatic carbocycles. The number of hydrogen-bond donors (Lipinski definition) is 0. The zero-order chi connectivity index (χ0) is 17.3. The predicted molar refractivity (Wildman–Crippen MR) is 88.4 cm³/mol. The number of aromatic nitrogens is 2. The lowest BCUT2D eigenvalue weighted by atomic mass is 10.2. The molecular formula is C15H15ClFN3O3S. The van der Waals surface area contributed by atoms with Crippen LogP contribution in [0.5, 0.6) is 0 Å². The van der Waals surface area contributed by atoms with E-state index in [9.17, 15) is 14.0 Å². The van der Waals surface area contributed by atoms with Gasteiger partial charge in [-0.2, -0.15) is 0 Å². The van der Waals surface area contributed by atoms with Crippen LogP contribution in [0.2, 0.25) is 5.02 Å². The highest BCUT2D eigenvalue weighted by atomic mass is 35.5. The maximum Gasteiger partial charge on any atom is 0.339 e. The molecule has 2 aromatic rings. The first-order chi connectivity index (χ1) is 11.5. The molecule has 3 rings (SSSR count). The van der Waals surface area contributed by atoms with E-state index in [0.717, 1.165) is 30.2 Å². The van der Waals surface area contributed by atoms with E-state index < -0.39 is 11.8 Å². The molecule has 2 heterocycles. The maximum atomic E-state index is 14.2. The smallest absolute Gasteiger partial charge is 0.339 e. The molecule has 1 aliphatic heterocycles. The number of benzene rings is 1. The zero-order valence-corrected chi connectivity index (χ0v) is 14.5. The molecule has 0 saturated carbocycles. The quantitative estimate of drug-likeness (QED) is 0.779. The van der Waals surface area contributed by atoms with Gasteiger partial charge in [-0.05, 0) is 43.2 Å². The highest BCUT2D eigenvalue weighted by Crippen LogP contribution is 2.26. The second kappa shape index (κ2) is 6.90. The van der Waals surface area contributed by atoms with Crippen LogP contribution in [-0.4, -0.2) is 21.9 Å². The minimum absolute atomic E-state index is 0.0374. The average molecular weight is 372 g/mol. The van der Waals surface area contributed by atoms with Gasteiger partial charge in [0.1, 0.15) is 11.5 Å². The Morgan fingerprint density at radius 1 is 1.38 bits per heavy atom. The largest absolute Gasteiger partial charge is 0.462 e. The minimum atomic E-state index is -0.663. The van der Waals surface area contributed by atoms with Gasteiger partial charge in [-0.3, -0.25) is 9.48 Å². The van der Waals surface area contributed by atoms with Gasteiger partial charge >= 0.3 is 10.8 Å². The molecular weight excluding hydrogens is 357 g/mol.